The summed E-state index contributed by atoms with van der Waals surface area (Å²) in [5.41, 5.74) is 0.366. The Morgan fingerprint density at radius 3 is 2.71 bits per heavy atom. The van der Waals surface area contributed by atoms with Crippen LogP contribution in [0.1, 0.15) is 12.2 Å². The molecule has 1 heterocycles. The zero-order valence-electron chi connectivity index (χ0n) is 11.2. The van der Waals surface area contributed by atoms with Gasteiger partial charge in [-0.1, -0.05) is 0 Å². The van der Waals surface area contributed by atoms with E-state index in [0.717, 1.165) is 12.3 Å². The van der Waals surface area contributed by atoms with Gasteiger partial charge >= 0.3 is 0 Å². The van der Waals surface area contributed by atoms with E-state index in [2.05, 4.69) is 9.71 Å². The highest BCUT2D eigenvalue weighted by Gasteiger charge is 2.15. The van der Waals surface area contributed by atoms with E-state index in [1.165, 1.54) is 6.07 Å². The van der Waals surface area contributed by atoms with E-state index in [1.54, 1.807) is 4.57 Å². The molecule has 1 N–H and O–H groups in total. The van der Waals surface area contributed by atoms with Crippen molar-refractivity contribution >= 4 is 32.7 Å². The summed E-state index contributed by atoms with van der Waals surface area (Å²) < 4.78 is 52.9. The van der Waals surface area contributed by atoms with E-state index >= 15 is 0 Å². The highest BCUT2D eigenvalue weighted by atomic mass is 35.5. The quantitative estimate of drug-likeness (QED) is 0.647. The second-order valence-electron chi connectivity index (χ2n) is 4.59. The van der Waals surface area contributed by atoms with Gasteiger partial charge in [0.2, 0.25) is 10.0 Å². The zero-order chi connectivity index (χ0) is 15.6. The summed E-state index contributed by atoms with van der Waals surface area (Å²) in [5.74, 6) is -0.980. The van der Waals surface area contributed by atoms with E-state index in [4.69, 9.17) is 11.6 Å². The minimum absolute atomic E-state index is 0.0508. The monoisotopic (exact) mass is 337 g/mol. The number of nitrogens with zero attached hydrogens (tertiary/aromatic N) is 2. The molecule has 0 aliphatic rings. The normalized spacial score (nSPS) is 12.2. The van der Waals surface area contributed by atoms with Gasteiger partial charge in [0.05, 0.1) is 17.7 Å². The van der Waals surface area contributed by atoms with Crippen molar-refractivity contribution in [2.24, 2.45) is 0 Å². The zero-order valence-corrected chi connectivity index (χ0v) is 12.8. The Balaban J connectivity index is 2.25. The van der Waals surface area contributed by atoms with Crippen LogP contribution in [0.3, 0.4) is 0 Å². The molecule has 0 unspecified atom stereocenters. The lowest BCUT2D eigenvalue weighted by atomic mass is 10.3. The molecular weight excluding hydrogens is 324 g/mol. The standard InChI is InChI=1S/C12H14ClF2N3O2S/c1-21(19,20)16-3-2-4-18-10-6-8(14)5-9(15)12(10)17-11(18)7-13/h5-6,16H,2-4,7H2,1H3. The van der Waals surface area contributed by atoms with Crippen molar-refractivity contribution in [3.63, 3.8) is 0 Å². The van der Waals surface area contributed by atoms with Crippen molar-refractivity contribution in [2.75, 3.05) is 12.8 Å². The third-order valence-corrected chi connectivity index (χ3v) is 3.86. The predicted octanol–water partition coefficient (Wildman–Crippen LogP) is 1.99. The minimum Gasteiger partial charge on any atom is -0.327 e. The molecule has 0 amide bonds. The molecular formula is C12H14ClF2N3O2S. The van der Waals surface area contributed by atoms with Crippen LogP contribution in [0, 0.1) is 11.6 Å². The number of hydrogen-bond acceptors (Lipinski definition) is 3. The van der Waals surface area contributed by atoms with Crippen LogP contribution in [-0.2, 0) is 22.4 Å². The molecule has 0 aliphatic carbocycles. The van der Waals surface area contributed by atoms with Crippen LogP contribution in [0.15, 0.2) is 12.1 Å². The summed E-state index contributed by atoms with van der Waals surface area (Å²) in [6, 6.07) is 1.95. The smallest absolute Gasteiger partial charge is 0.208 e. The second-order valence-corrected chi connectivity index (χ2v) is 6.69. The van der Waals surface area contributed by atoms with Gasteiger partial charge in [-0.3, -0.25) is 0 Å². The number of rotatable bonds is 6. The molecule has 9 heteroatoms. The molecule has 0 atom stereocenters. The van der Waals surface area contributed by atoms with Crippen LogP contribution in [0.25, 0.3) is 11.0 Å². The van der Waals surface area contributed by atoms with Crippen molar-refractivity contribution in [2.45, 2.75) is 18.8 Å². The summed E-state index contributed by atoms with van der Waals surface area (Å²) in [7, 11) is -3.26. The molecule has 0 bridgehead atoms. The van der Waals surface area contributed by atoms with E-state index in [9.17, 15) is 17.2 Å². The summed E-state index contributed by atoms with van der Waals surface area (Å²) in [6.45, 7) is 0.571. The lowest BCUT2D eigenvalue weighted by molar-refractivity contribution is 0.574. The number of aryl methyl sites for hydroxylation is 1. The number of halogens is 3. The van der Waals surface area contributed by atoms with Crippen LogP contribution in [0.4, 0.5) is 8.78 Å². The number of aromatic nitrogens is 2. The Kier molecular flexibility index (Phi) is 4.80. The molecule has 21 heavy (non-hydrogen) atoms. The molecule has 1 aromatic carbocycles. The average Bonchev–Trinajstić information content (AvgIpc) is 2.72. The van der Waals surface area contributed by atoms with Gasteiger partial charge < -0.3 is 4.57 Å². The van der Waals surface area contributed by atoms with E-state index in [-0.39, 0.29) is 17.9 Å². The Hall–Kier alpha value is -1.25. The highest BCUT2D eigenvalue weighted by molar-refractivity contribution is 7.88. The lowest BCUT2D eigenvalue weighted by Gasteiger charge is -2.08. The maximum atomic E-state index is 13.7. The third-order valence-electron chi connectivity index (χ3n) is 2.89. The molecule has 0 aliphatic heterocycles. The fourth-order valence-corrected chi connectivity index (χ4v) is 2.76. The highest BCUT2D eigenvalue weighted by Crippen LogP contribution is 2.22. The van der Waals surface area contributed by atoms with Gasteiger partial charge in [0.1, 0.15) is 17.2 Å². The number of imidazole rings is 1. The average molecular weight is 338 g/mol. The minimum atomic E-state index is -3.26. The molecule has 0 fully saturated rings. The number of hydrogen-bond donors (Lipinski definition) is 1. The van der Waals surface area contributed by atoms with Gasteiger partial charge in [-0.2, -0.15) is 0 Å². The largest absolute Gasteiger partial charge is 0.327 e. The van der Waals surface area contributed by atoms with Crippen molar-refractivity contribution in [3.8, 4) is 0 Å². The Labute approximate surface area is 126 Å². The van der Waals surface area contributed by atoms with Crippen LogP contribution in [-0.4, -0.2) is 30.8 Å². The van der Waals surface area contributed by atoms with Crippen LogP contribution >= 0.6 is 11.6 Å². The van der Waals surface area contributed by atoms with E-state index in [0.29, 0.717) is 24.3 Å². The SMILES string of the molecule is CS(=O)(=O)NCCCn1c(CCl)nc2c(F)cc(F)cc21. The first kappa shape index (κ1) is 16.1. The van der Waals surface area contributed by atoms with Crippen LogP contribution in [0.5, 0.6) is 0 Å². The number of benzene rings is 1. The number of nitrogens with one attached hydrogen (secondary N) is 1. The van der Waals surface area contributed by atoms with Crippen molar-refractivity contribution in [1.29, 1.82) is 0 Å². The predicted molar refractivity (Wildman–Crippen MR) is 76.7 cm³/mol. The first-order valence-electron chi connectivity index (χ1n) is 6.16. The van der Waals surface area contributed by atoms with Gasteiger partial charge in [0, 0.05) is 19.2 Å². The first-order chi connectivity index (χ1) is 9.81. The fourth-order valence-electron chi connectivity index (χ4n) is 2.04. The van der Waals surface area contributed by atoms with Gasteiger partial charge in [-0.15, -0.1) is 11.6 Å². The molecule has 0 spiro atoms. The lowest BCUT2D eigenvalue weighted by Crippen LogP contribution is -2.24. The molecule has 5 nitrogen and oxygen atoms in total. The van der Waals surface area contributed by atoms with E-state index in [1.807, 2.05) is 0 Å². The summed E-state index contributed by atoms with van der Waals surface area (Å²) in [6.07, 6.45) is 1.51. The second kappa shape index (κ2) is 6.25. The first-order valence-corrected chi connectivity index (χ1v) is 8.59. The Morgan fingerprint density at radius 1 is 1.38 bits per heavy atom. The van der Waals surface area contributed by atoms with Gasteiger partial charge in [-0.25, -0.2) is 26.9 Å². The molecule has 0 radical (unpaired) electrons. The number of fused-ring (bicyclic) bond motifs is 1. The number of alkyl halides is 1. The molecule has 116 valence electrons. The van der Waals surface area contributed by atoms with Crippen molar-refractivity contribution < 1.29 is 17.2 Å². The Bertz CT molecular complexity index is 761. The summed E-state index contributed by atoms with van der Waals surface area (Å²) in [4.78, 5) is 4.05. The molecule has 2 aromatic rings. The van der Waals surface area contributed by atoms with E-state index < -0.39 is 21.7 Å². The topological polar surface area (TPSA) is 64.0 Å². The maximum absolute atomic E-state index is 13.7. The van der Waals surface area contributed by atoms with Crippen molar-refractivity contribution in [3.05, 3.63) is 29.6 Å². The molecule has 0 saturated carbocycles. The van der Waals surface area contributed by atoms with Gasteiger partial charge in [-0.05, 0) is 12.5 Å². The van der Waals surface area contributed by atoms with Gasteiger partial charge in [0.25, 0.3) is 0 Å². The molecule has 0 saturated heterocycles. The summed E-state index contributed by atoms with van der Waals surface area (Å²) in [5, 5.41) is 0. The van der Waals surface area contributed by atoms with Crippen LogP contribution in [0.2, 0.25) is 0 Å². The maximum Gasteiger partial charge on any atom is 0.208 e. The van der Waals surface area contributed by atoms with Crippen molar-refractivity contribution in [1.82, 2.24) is 14.3 Å². The fraction of sp³-hybridized carbons (Fsp3) is 0.417. The third kappa shape index (κ3) is 3.90. The molecule has 1 aromatic heterocycles. The Morgan fingerprint density at radius 2 is 2.10 bits per heavy atom. The van der Waals surface area contributed by atoms with Gasteiger partial charge in [0.15, 0.2) is 5.82 Å². The summed E-state index contributed by atoms with van der Waals surface area (Å²) >= 11 is 5.77. The number of sulfonamides is 1. The van der Waals surface area contributed by atoms with Crippen LogP contribution < -0.4 is 4.72 Å². The molecule has 2 rings (SSSR count).